The van der Waals surface area contributed by atoms with E-state index in [0.29, 0.717) is 17.2 Å². The van der Waals surface area contributed by atoms with Crippen molar-refractivity contribution in [1.82, 2.24) is 4.90 Å². The van der Waals surface area contributed by atoms with E-state index in [1.807, 2.05) is 0 Å². The van der Waals surface area contributed by atoms with Gasteiger partial charge in [-0.05, 0) is 25.7 Å². The van der Waals surface area contributed by atoms with Gasteiger partial charge in [-0.1, -0.05) is 20.8 Å². The Hall–Kier alpha value is 0.540. The van der Waals surface area contributed by atoms with Crippen LogP contribution in [0.15, 0.2) is 0 Å². The van der Waals surface area contributed by atoms with E-state index in [1.165, 1.54) is 0 Å². The summed E-state index contributed by atoms with van der Waals surface area (Å²) >= 11 is 11.6. The van der Waals surface area contributed by atoms with Gasteiger partial charge in [-0.15, -0.1) is 23.2 Å². The minimum atomic E-state index is 0.169. The molecular weight excluding hydrogens is 229 g/mol. The highest BCUT2D eigenvalue weighted by Crippen LogP contribution is 2.31. The Morgan fingerprint density at radius 2 is 1.27 bits per heavy atom. The highest BCUT2D eigenvalue weighted by molar-refractivity contribution is 6.18. The molecule has 0 spiro atoms. The number of halogens is 2. The summed E-state index contributed by atoms with van der Waals surface area (Å²) in [6.45, 7) is 13.2. The van der Waals surface area contributed by atoms with Crippen molar-refractivity contribution in [2.24, 2.45) is 5.41 Å². The van der Waals surface area contributed by atoms with Crippen LogP contribution in [0, 0.1) is 5.41 Å². The van der Waals surface area contributed by atoms with Crippen molar-refractivity contribution in [2.75, 3.05) is 24.8 Å². The number of rotatable bonds is 6. The van der Waals surface area contributed by atoms with Gasteiger partial charge in [-0.25, -0.2) is 0 Å². The fourth-order valence-corrected chi connectivity index (χ4v) is 2.74. The molecule has 0 saturated heterocycles. The molecular formula is C12H25Cl2N. The minimum absolute atomic E-state index is 0.169. The summed E-state index contributed by atoms with van der Waals surface area (Å²) in [7, 11) is 0. The Bertz CT molecular complexity index is 167. The zero-order valence-corrected chi connectivity index (χ0v) is 12.3. The zero-order valence-electron chi connectivity index (χ0n) is 10.7. The monoisotopic (exact) mass is 253 g/mol. The minimum Gasteiger partial charge on any atom is -0.296 e. The van der Waals surface area contributed by atoms with Crippen molar-refractivity contribution in [2.45, 2.75) is 46.6 Å². The number of hydrogen-bond acceptors (Lipinski definition) is 1. The summed E-state index contributed by atoms with van der Waals surface area (Å²) in [5.74, 6) is 1.34. The molecule has 0 aromatic rings. The molecule has 0 rings (SSSR count). The van der Waals surface area contributed by atoms with Gasteiger partial charge in [-0.3, -0.25) is 4.90 Å². The van der Waals surface area contributed by atoms with Crippen molar-refractivity contribution in [3.05, 3.63) is 0 Å². The second kappa shape index (κ2) is 6.32. The lowest BCUT2D eigenvalue weighted by Crippen LogP contribution is -2.48. The van der Waals surface area contributed by atoms with E-state index in [9.17, 15) is 0 Å². The Morgan fingerprint density at radius 3 is 1.53 bits per heavy atom. The van der Waals surface area contributed by atoms with E-state index in [-0.39, 0.29) is 5.54 Å². The molecule has 0 N–H and O–H groups in total. The van der Waals surface area contributed by atoms with Crippen LogP contribution in [0.3, 0.4) is 0 Å². The molecule has 1 nitrogen and oxygen atoms in total. The van der Waals surface area contributed by atoms with E-state index in [2.05, 4.69) is 39.5 Å². The summed E-state index contributed by atoms with van der Waals surface area (Å²) in [4.78, 5) is 2.39. The zero-order chi connectivity index (χ0) is 12.1. The largest absolute Gasteiger partial charge is 0.296 e. The van der Waals surface area contributed by atoms with Crippen LogP contribution in [0.1, 0.15) is 41.0 Å². The lowest BCUT2D eigenvalue weighted by molar-refractivity contribution is 0.0893. The maximum Gasteiger partial charge on any atom is 0.0351 e. The molecule has 0 aliphatic heterocycles. The average molecular weight is 254 g/mol. The number of nitrogens with zero attached hydrogens (tertiary/aromatic N) is 1. The molecule has 0 aliphatic carbocycles. The summed E-state index contributed by atoms with van der Waals surface area (Å²) in [5, 5.41) is 0. The van der Waals surface area contributed by atoms with E-state index in [0.717, 1.165) is 19.5 Å². The molecule has 0 atom stereocenters. The maximum absolute atomic E-state index is 5.82. The number of alkyl halides is 2. The number of hydrogen-bond donors (Lipinski definition) is 0. The SMILES string of the molecule is CC(C)(C)CC(C)(C)N(CCCl)CCCl. The third-order valence-electron chi connectivity index (χ3n) is 2.53. The van der Waals surface area contributed by atoms with Crippen molar-refractivity contribution in [3.63, 3.8) is 0 Å². The van der Waals surface area contributed by atoms with E-state index in [1.54, 1.807) is 0 Å². The van der Waals surface area contributed by atoms with Crippen molar-refractivity contribution in [1.29, 1.82) is 0 Å². The molecule has 3 heteroatoms. The first-order chi connectivity index (χ1) is 6.73. The van der Waals surface area contributed by atoms with Crippen LogP contribution >= 0.6 is 23.2 Å². The smallest absolute Gasteiger partial charge is 0.0351 e. The summed E-state index contributed by atoms with van der Waals surface area (Å²) < 4.78 is 0. The Labute approximate surface area is 105 Å². The summed E-state index contributed by atoms with van der Waals surface area (Å²) in [6, 6.07) is 0. The fraction of sp³-hybridized carbons (Fsp3) is 1.00. The first-order valence-electron chi connectivity index (χ1n) is 5.60. The second-order valence-corrected chi connectivity index (χ2v) is 6.67. The first kappa shape index (κ1) is 15.5. The van der Waals surface area contributed by atoms with Gasteiger partial charge in [0.1, 0.15) is 0 Å². The molecule has 92 valence electrons. The average Bonchev–Trinajstić information content (AvgIpc) is 1.99. The van der Waals surface area contributed by atoms with Crippen LogP contribution in [0.25, 0.3) is 0 Å². The van der Waals surface area contributed by atoms with Crippen molar-refractivity contribution < 1.29 is 0 Å². The van der Waals surface area contributed by atoms with E-state index < -0.39 is 0 Å². The second-order valence-electron chi connectivity index (χ2n) is 5.91. The van der Waals surface area contributed by atoms with Gasteiger partial charge >= 0.3 is 0 Å². The predicted octanol–water partition coefficient (Wildman–Crippen LogP) is 3.98. The van der Waals surface area contributed by atoms with Crippen LogP contribution in [0.5, 0.6) is 0 Å². The Kier molecular flexibility index (Phi) is 6.55. The Balaban J connectivity index is 4.47. The predicted molar refractivity (Wildman–Crippen MR) is 71.2 cm³/mol. The van der Waals surface area contributed by atoms with Gasteiger partial charge in [0.25, 0.3) is 0 Å². The molecule has 0 heterocycles. The van der Waals surface area contributed by atoms with Gasteiger partial charge in [-0.2, -0.15) is 0 Å². The van der Waals surface area contributed by atoms with E-state index >= 15 is 0 Å². The van der Waals surface area contributed by atoms with Gasteiger partial charge in [0.15, 0.2) is 0 Å². The standard InChI is InChI=1S/C12H25Cl2N/c1-11(2,3)10-12(4,5)15(8-6-13)9-7-14/h6-10H2,1-5H3. The normalized spacial score (nSPS) is 13.6. The first-order valence-corrected chi connectivity index (χ1v) is 6.67. The highest BCUT2D eigenvalue weighted by Gasteiger charge is 2.30. The highest BCUT2D eigenvalue weighted by atomic mass is 35.5. The van der Waals surface area contributed by atoms with E-state index in [4.69, 9.17) is 23.2 Å². The molecule has 0 saturated carbocycles. The van der Waals surface area contributed by atoms with Gasteiger partial charge in [0.05, 0.1) is 0 Å². The van der Waals surface area contributed by atoms with Gasteiger partial charge < -0.3 is 0 Å². The Morgan fingerprint density at radius 1 is 0.867 bits per heavy atom. The third-order valence-corrected chi connectivity index (χ3v) is 2.87. The van der Waals surface area contributed by atoms with Crippen molar-refractivity contribution >= 4 is 23.2 Å². The molecule has 0 aromatic heterocycles. The molecule has 0 aliphatic rings. The topological polar surface area (TPSA) is 3.24 Å². The molecule has 0 amide bonds. The maximum atomic E-state index is 5.82. The summed E-state index contributed by atoms with van der Waals surface area (Å²) in [6.07, 6.45) is 1.15. The molecule has 0 aromatic carbocycles. The van der Waals surface area contributed by atoms with Crippen LogP contribution < -0.4 is 0 Å². The third kappa shape index (κ3) is 6.65. The van der Waals surface area contributed by atoms with Crippen LogP contribution in [-0.4, -0.2) is 35.3 Å². The summed E-state index contributed by atoms with van der Waals surface area (Å²) in [5.41, 5.74) is 0.502. The lowest BCUT2D eigenvalue weighted by Gasteiger charge is -2.42. The molecule has 0 bridgehead atoms. The molecule has 0 unspecified atom stereocenters. The van der Waals surface area contributed by atoms with Crippen molar-refractivity contribution in [3.8, 4) is 0 Å². The van der Waals surface area contributed by atoms with Gasteiger partial charge in [0.2, 0.25) is 0 Å². The molecule has 15 heavy (non-hydrogen) atoms. The quantitative estimate of drug-likeness (QED) is 0.648. The molecule has 0 radical (unpaired) electrons. The molecule has 0 fully saturated rings. The lowest BCUT2D eigenvalue weighted by atomic mass is 9.81. The van der Waals surface area contributed by atoms with Crippen LogP contribution in [-0.2, 0) is 0 Å². The van der Waals surface area contributed by atoms with Gasteiger partial charge in [0, 0.05) is 30.4 Å². The van der Waals surface area contributed by atoms with Crippen LogP contribution in [0.4, 0.5) is 0 Å². The fourth-order valence-electron chi connectivity index (χ4n) is 2.33. The van der Waals surface area contributed by atoms with Crippen LogP contribution in [0.2, 0.25) is 0 Å².